The normalized spacial score (nSPS) is 12.5. The van der Waals surface area contributed by atoms with Crippen molar-refractivity contribution >= 4 is 52.1 Å². The van der Waals surface area contributed by atoms with Crippen molar-refractivity contribution in [3.8, 4) is 34.5 Å². The van der Waals surface area contributed by atoms with Crippen LogP contribution in [0.3, 0.4) is 0 Å². The number of benzene rings is 12. The molecule has 0 aromatic heterocycles. The van der Waals surface area contributed by atoms with E-state index in [1.807, 2.05) is 97.1 Å². The Balaban J connectivity index is 0.000000227. The molecule has 2 aliphatic rings. The summed E-state index contributed by atoms with van der Waals surface area (Å²) in [7, 11) is 1.75. The lowest BCUT2D eigenvalue weighted by Crippen LogP contribution is -2.29. The van der Waals surface area contributed by atoms with Crippen molar-refractivity contribution in [2.45, 2.75) is 107 Å². The summed E-state index contributed by atoms with van der Waals surface area (Å²) in [6.45, 7) is 8.30. The molecule has 758 valence electrons. The molecule has 2 heterocycles. The number of ether oxygens (including phenoxy) is 5. The number of methoxy groups -OCH3 is 2. The third-order valence-electron chi connectivity index (χ3n) is 21.0. The van der Waals surface area contributed by atoms with E-state index in [2.05, 4.69) is 50.0 Å². The molecule has 0 aliphatic carbocycles. The monoisotopic (exact) mass is 2080 g/mol. The number of hydrogen-bond acceptors (Lipinski definition) is 12. The largest absolute Gasteiger partial charge is 0.508 e. The van der Waals surface area contributed by atoms with Gasteiger partial charge in [0.1, 0.15) is 34.5 Å². The quantitative estimate of drug-likeness (QED) is 0.00778. The Kier molecular flexibility index (Phi) is 48.0. The van der Waals surface area contributed by atoms with E-state index in [0.29, 0.717) is 74.3 Å². The van der Waals surface area contributed by atoms with Crippen LogP contribution in [0.2, 0.25) is 0 Å². The van der Waals surface area contributed by atoms with E-state index in [0.717, 1.165) is 228 Å². The van der Waals surface area contributed by atoms with Gasteiger partial charge in [-0.2, -0.15) is 79.0 Å². The minimum absolute atomic E-state index is 0.172. The lowest BCUT2D eigenvalue weighted by Gasteiger charge is -2.22. The van der Waals surface area contributed by atoms with Crippen molar-refractivity contribution in [3.05, 3.63) is 410 Å². The maximum Gasteiger partial charge on any atom is 0.488 e. The van der Waals surface area contributed by atoms with Crippen LogP contribution < -0.4 is 29.1 Å². The Morgan fingerprint density at radius 1 is 0.317 bits per heavy atom. The summed E-state index contributed by atoms with van der Waals surface area (Å²) in [6, 6.07) is 74.9. The van der Waals surface area contributed by atoms with Gasteiger partial charge in [0.05, 0.1) is 67.4 Å². The van der Waals surface area contributed by atoms with Gasteiger partial charge in [0.15, 0.2) is 0 Å². The summed E-state index contributed by atoms with van der Waals surface area (Å²) in [5.74, 6) is 0.962. The van der Waals surface area contributed by atoms with Gasteiger partial charge in [0, 0.05) is 50.5 Å². The molecule has 0 fully saturated rings. The number of carbonyl (C=O) groups is 2. The number of rotatable bonds is 28. The van der Waals surface area contributed by atoms with E-state index >= 15 is 0 Å². The van der Waals surface area contributed by atoms with E-state index in [9.17, 15) is 79.0 Å². The number of carboxylic acid groups (broad SMARTS) is 2. The average molecular weight is 2080 g/mol. The van der Waals surface area contributed by atoms with Crippen LogP contribution in [0.4, 0.5) is 79.0 Å². The number of carboxylic acids is 2. The fraction of sp³-hybridized carbons (Fsp3) is 0.271. The van der Waals surface area contributed by atoms with Crippen LogP contribution in [0.5, 0.6) is 34.5 Å². The highest BCUT2D eigenvalue weighted by molar-refractivity contribution is 9.08. The van der Waals surface area contributed by atoms with E-state index in [1.54, 1.807) is 62.8 Å². The summed E-state index contributed by atoms with van der Waals surface area (Å²) in [4.78, 5) is 23.0. The first-order chi connectivity index (χ1) is 67.3. The Labute approximate surface area is 825 Å². The lowest BCUT2D eigenvalue weighted by atomic mass is 9.80. The molecule has 0 atom stereocenters. The van der Waals surface area contributed by atoms with Crippen LogP contribution in [0.15, 0.2) is 315 Å². The molecule has 35 heteroatoms. The Morgan fingerprint density at radius 3 is 0.725 bits per heavy atom. The number of hydrogen-bond donors (Lipinski definition) is 5. The van der Waals surface area contributed by atoms with Gasteiger partial charge in [0.25, 0.3) is 0 Å². The van der Waals surface area contributed by atoms with Crippen molar-refractivity contribution in [1.29, 1.82) is 0 Å². The second-order valence-electron chi connectivity index (χ2n) is 31.8. The highest BCUT2D eigenvalue weighted by atomic mass is 79.9. The van der Waals surface area contributed by atoms with Crippen molar-refractivity contribution in [2.24, 2.45) is 0 Å². The van der Waals surface area contributed by atoms with Crippen LogP contribution in [0.1, 0.15) is 127 Å². The zero-order chi connectivity index (χ0) is 104. The van der Waals surface area contributed by atoms with E-state index in [-0.39, 0.29) is 5.75 Å². The fourth-order valence-electron chi connectivity index (χ4n) is 13.2. The minimum atomic E-state index is -4.29. The van der Waals surface area contributed by atoms with Gasteiger partial charge in [-0.15, -0.1) is 11.6 Å². The predicted molar refractivity (Wildman–Crippen MR) is 515 cm³/mol. The van der Waals surface area contributed by atoms with Gasteiger partial charge in [-0.1, -0.05) is 186 Å². The topological polar surface area (TPSA) is 188 Å². The van der Waals surface area contributed by atoms with E-state index in [4.69, 9.17) is 70.2 Å². The van der Waals surface area contributed by atoms with Crippen LogP contribution in [-0.4, -0.2) is 133 Å². The first-order valence-electron chi connectivity index (χ1n) is 44.2. The minimum Gasteiger partial charge on any atom is -0.508 e. The highest BCUT2D eigenvalue weighted by Gasteiger charge is 2.35. The molecule has 2 aliphatic heterocycles. The summed E-state index contributed by atoms with van der Waals surface area (Å²) >= 11 is 8.72. The first kappa shape index (κ1) is 116. The fourth-order valence-corrected chi connectivity index (χ4v) is 13.7. The Morgan fingerprint density at radius 2 is 0.528 bits per heavy atom. The molecule has 0 spiro atoms. The lowest BCUT2D eigenvalue weighted by molar-refractivity contribution is -0.159. The summed E-state index contributed by atoms with van der Waals surface area (Å²) in [5.41, 5.74) is 6.84. The maximum absolute atomic E-state index is 12.6. The van der Waals surface area contributed by atoms with Crippen LogP contribution >= 0.6 is 27.5 Å². The zero-order valence-corrected chi connectivity index (χ0v) is 79.3. The molecule has 12 aromatic carbocycles. The summed E-state index contributed by atoms with van der Waals surface area (Å²) in [6.07, 6.45) is -8.88. The van der Waals surface area contributed by atoms with Crippen LogP contribution in [0, 0.1) is 0 Å². The van der Waals surface area contributed by atoms with Gasteiger partial charge >= 0.3 is 56.1 Å². The zero-order valence-electron chi connectivity index (χ0n) is 77.0. The van der Waals surface area contributed by atoms with Crippen LogP contribution in [-0.2, 0) is 84.1 Å². The van der Waals surface area contributed by atoms with Crippen LogP contribution in [0.25, 0.3) is 0 Å². The number of alkyl halides is 20. The Bertz CT molecular complexity index is 5550. The van der Waals surface area contributed by atoms with Crippen molar-refractivity contribution in [1.82, 2.24) is 9.80 Å². The molecule has 12 aromatic rings. The molecule has 142 heavy (non-hydrogen) atoms. The first-order valence-corrected chi connectivity index (χ1v) is 45.9. The van der Waals surface area contributed by atoms with Crippen molar-refractivity contribution in [2.75, 3.05) is 79.2 Å². The molecule has 0 saturated carbocycles. The van der Waals surface area contributed by atoms with Crippen molar-refractivity contribution < 1.29 is 138 Å². The molecule has 0 radical (unpaired) electrons. The Hall–Kier alpha value is -12.7. The number of phenols is 1. The molecule has 0 unspecified atom stereocenters. The molecule has 0 amide bonds. The summed E-state index contributed by atoms with van der Waals surface area (Å²) in [5, 5.41) is 41.9. The summed E-state index contributed by atoms with van der Waals surface area (Å²) < 4.78 is 250. The third-order valence-corrected chi connectivity index (χ3v) is 21.9. The van der Waals surface area contributed by atoms with Crippen molar-refractivity contribution in [3.63, 3.8) is 0 Å². The van der Waals surface area contributed by atoms with Gasteiger partial charge in [-0.3, -0.25) is 9.80 Å². The van der Waals surface area contributed by atoms with E-state index < -0.39 is 89.5 Å². The smallest absolute Gasteiger partial charge is 0.488 e. The number of aliphatic carboxylic acids is 2. The molecule has 0 bridgehead atoms. The van der Waals surface area contributed by atoms with Gasteiger partial charge in [0.2, 0.25) is 0 Å². The van der Waals surface area contributed by atoms with Gasteiger partial charge in [-0.25, -0.2) is 9.59 Å². The number of halogens is 20. The number of nitrogens with zero attached hydrogens (tertiary/aromatic N) is 2. The molecular formula is C107H105BBrClF18N2O12. The maximum atomic E-state index is 12.6. The third kappa shape index (κ3) is 45.0. The molecule has 14 rings (SSSR count). The number of aromatic hydroxyl groups is 1. The standard InChI is InChI=1S/2C22H24F3NO.C17H16ClF3O.C15H13F3O.C14H11F3O.C8H6BrF3.C7H9BO3.C2H2O4/c2*23-22(24,25)20-9-5-18(6-10-20)17-19-7-11-21(12-8-19)27-16-4-15-26-13-2-1-3-14-26;18-10-1-11-22-16-8-4-14(5-9-16)12-13-2-6-15(7-3-13)17(19,20)21;1-19-14-8-4-12(5-9-14)10-11-2-6-13(7-3-11)15(16,17)18;15-14(16,17)12-5-1-10(2-6-12)9-11-3-7-13(18)8-4-11;9-5-6-1-3-7(4-2-6)8(10,11)12;1-11-7-4-2-6(3-5-7)8(9)10;3-1(4)2(5)6/h2*1-2,5-12H,3-4,13-17H2;2-9H,1,10-12H2;2-9H,10H2,1H3;1-8,18H,9H2;1-4H,5H2;2-5,9-10H,1H3;(H,3,4)(H,5,6). The predicted octanol–water partition coefficient (Wildman–Crippen LogP) is 26.4. The molecule has 14 nitrogen and oxygen atoms in total. The second-order valence-corrected chi connectivity index (χ2v) is 32.7. The molecular weight excluding hydrogens is 1970 g/mol. The SMILES string of the molecule is COc1ccc(B(O)O)cc1.COc1ccc(Cc2ccc(C(F)(F)F)cc2)cc1.FC(F)(F)c1ccc(CBr)cc1.FC(F)(F)c1ccc(Cc2ccc(OCCCCl)cc2)cc1.FC(F)(F)c1ccc(Cc2ccc(OCCCN3CC=CCC3)cc2)cc1.FC(F)(F)c1ccc(Cc2ccc(OCCCN3CC=CCC3)cc2)cc1.O=C(O)C(=O)O.Oc1ccc(Cc2ccc(C(F)(F)F)cc2)cc1. The molecule has 5 N–H and O–H groups in total. The average Bonchev–Trinajstić information content (AvgIpc) is 0.862. The van der Waals surface area contributed by atoms with E-state index in [1.165, 1.54) is 72.8 Å². The van der Waals surface area contributed by atoms with Gasteiger partial charge < -0.3 is 49.1 Å². The number of phenolic OH excluding ortho intramolecular Hbond substituents is 1. The molecule has 0 saturated heterocycles. The van der Waals surface area contributed by atoms with Gasteiger partial charge in [-0.05, 0) is 276 Å². The second kappa shape index (κ2) is 58.6. The highest BCUT2D eigenvalue weighted by Crippen LogP contribution is 2.36.